The van der Waals surface area contributed by atoms with Crippen LogP contribution in [0.5, 0.6) is 0 Å². The third-order valence-electron chi connectivity index (χ3n) is 4.05. The summed E-state index contributed by atoms with van der Waals surface area (Å²) in [5, 5.41) is 13.1. The molecule has 0 amide bonds. The second-order valence-corrected chi connectivity index (χ2v) is 7.04. The van der Waals surface area contributed by atoms with Crippen molar-refractivity contribution in [2.75, 3.05) is 31.1 Å². The van der Waals surface area contributed by atoms with E-state index in [1.165, 1.54) is 0 Å². The summed E-state index contributed by atoms with van der Waals surface area (Å²) in [5.74, 6) is 2.27. The van der Waals surface area contributed by atoms with Gasteiger partial charge < -0.3 is 9.42 Å². The highest BCUT2D eigenvalue weighted by atomic mass is 16.5. The van der Waals surface area contributed by atoms with Crippen LogP contribution in [-0.4, -0.2) is 46.2 Å². The molecule has 0 atom stereocenters. The van der Waals surface area contributed by atoms with Gasteiger partial charge in [0, 0.05) is 37.8 Å². The second kappa shape index (κ2) is 6.57. The molecule has 0 aromatic carbocycles. The number of nitrogens with zero attached hydrogens (tertiary/aromatic N) is 6. The van der Waals surface area contributed by atoms with Crippen LogP contribution in [0.2, 0.25) is 0 Å². The first-order chi connectivity index (χ1) is 11.5. The van der Waals surface area contributed by atoms with Gasteiger partial charge in [0.05, 0.1) is 18.2 Å². The number of anilines is 1. The number of piperazine rings is 1. The van der Waals surface area contributed by atoms with Gasteiger partial charge in [0.1, 0.15) is 5.82 Å². The van der Waals surface area contributed by atoms with Crippen molar-refractivity contribution in [3.63, 3.8) is 0 Å². The maximum Gasteiger partial charge on any atom is 0.232 e. The van der Waals surface area contributed by atoms with Crippen molar-refractivity contribution >= 4 is 5.82 Å². The van der Waals surface area contributed by atoms with E-state index in [9.17, 15) is 0 Å². The molecule has 3 rings (SSSR count). The fourth-order valence-electron chi connectivity index (χ4n) is 2.62. The third-order valence-corrected chi connectivity index (χ3v) is 4.05. The summed E-state index contributed by atoms with van der Waals surface area (Å²) >= 11 is 0. The van der Waals surface area contributed by atoms with E-state index in [1.807, 2.05) is 6.07 Å². The van der Waals surface area contributed by atoms with E-state index in [1.54, 1.807) is 12.3 Å². The zero-order valence-electron chi connectivity index (χ0n) is 14.4. The Hall–Kier alpha value is -2.46. The van der Waals surface area contributed by atoms with Gasteiger partial charge >= 0.3 is 0 Å². The van der Waals surface area contributed by atoms with Crippen molar-refractivity contribution in [1.29, 1.82) is 5.26 Å². The van der Waals surface area contributed by atoms with Crippen molar-refractivity contribution < 1.29 is 4.52 Å². The van der Waals surface area contributed by atoms with Crippen molar-refractivity contribution in [2.24, 2.45) is 0 Å². The van der Waals surface area contributed by atoms with E-state index in [2.05, 4.69) is 51.8 Å². The summed E-state index contributed by atoms with van der Waals surface area (Å²) in [6.45, 7) is 10.4. The molecule has 3 heterocycles. The van der Waals surface area contributed by atoms with Crippen LogP contribution >= 0.6 is 0 Å². The van der Waals surface area contributed by atoms with E-state index < -0.39 is 0 Å². The van der Waals surface area contributed by atoms with E-state index in [0.29, 0.717) is 18.0 Å². The molecular weight excluding hydrogens is 304 g/mol. The van der Waals surface area contributed by atoms with Crippen LogP contribution in [-0.2, 0) is 12.0 Å². The predicted molar refractivity (Wildman–Crippen MR) is 89.4 cm³/mol. The first-order valence-electron chi connectivity index (χ1n) is 8.12. The molecular formula is C17H22N6O. The van der Waals surface area contributed by atoms with E-state index in [4.69, 9.17) is 9.78 Å². The Labute approximate surface area is 141 Å². The Balaban J connectivity index is 1.57. The zero-order valence-corrected chi connectivity index (χ0v) is 14.4. The molecule has 2 aromatic rings. The van der Waals surface area contributed by atoms with Crippen molar-refractivity contribution in [3.8, 4) is 6.07 Å². The fourth-order valence-corrected chi connectivity index (χ4v) is 2.62. The van der Waals surface area contributed by atoms with Crippen LogP contribution in [0.3, 0.4) is 0 Å². The number of rotatable bonds is 3. The van der Waals surface area contributed by atoms with Gasteiger partial charge in [0.2, 0.25) is 5.89 Å². The van der Waals surface area contributed by atoms with Gasteiger partial charge in [-0.3, -0.25) is 4.90 Å². The standard InChI is InChI=1S/C17H22N6O/c1-17(2,3)16-20-14(21-24-16)12-22-6-8-23(9-7-22)15-10-13(11-18)4-5-19-15/h4-5,10H,6-9,12H2,1-3H3. The number of nitriles is 1. The minimum atomic E-state index is -0.124. The molecule has 1 fully saturated rings. The van der Waals surface area contributed by atoms with Crippen LogP contribution < -0.4 is 4.90 Å². The van der Waals surface area contributed by atoms with Gasteiger partial charge in [-0.2, -0.15) is 10.2 Å². The van der Waals surface area contributed by atoms with Crippen molar-refractivity contribution in [2.45, 2.75) is 32.7 Å². The lowest BCUT2D eigenvalue weighted by Crippen LogP contribution is -2.46. The summed E-state index contributed by atoms with van der Waals surface area (Å²) in [6, 6.07) is 5.72. The van der Waals surface area contributed by atoms with E-state index in [-0.39, 0.29) is 5.41 Å². The molecule has 126 valence electrons. The van der Waals surface area contributed by atoms with Gasteiger partial charge in [-0.25, -0.2) is 4.98 Å². The van der Waals surface area contributed by atoms with Crippen LogP contribution in [0.4, 0.5) is 5.82 Å². The Morgan fingerprint density at radius 1 is 1.25 bits per heavy atom. The highest BCUT2D eigenvalue weighted by Gasteiger charge is 2.24. The summed E-state index contributed by atoms with van der Waals surface area (Å²) in [4.78, 5) is 13.4. The molecule has 1 aliphatic rings. The molecule has 2 aromatic heterocycles. The molecule has 1 saturated heterocycles. The number of hydrogen-bond acceptors (Lipinski definition) is 7. The molecule has 0 bridgehead atoms. The van der Waals surface area contributed by atoms with Gasteiger partial charge in [-0.15, -0.1) is 0 Å². The smallest absolute Gasteiger partial charge is 0.232 e. The van der Waals surface area contributed by atoms with E-state index >= 15 is 0 Å². The quantitative estimate of drug-likeness (QED) is 0.852. The van der Waals surface area contributed by atoms with E-state index in [0.717, 1.165) is 37.8 Å². The van der Waals surface area contributed by atoms with Gasteiger partial charge in [-0.05, 0) is 12.1 Å². The van der Waals surface area contributed by atoms with Crippen LogP contribution in [0.15, 0.2) is 22.9 Å². The molecule has 7 heteroatoms. The number of aromatic nitrogens is 3. The Kier molecular flexibility index (Phi) is 4.49. The topological polar surface area (TPSA) is 82.1 Å². The molecule has 0 N–H and O–H groups in total. The summed E-state index contributed by atoms with van der Waals surface area (Å²) < 4.78 is 5.35. The van der Waals surface area contributed by atoms with Crippen molar-refractivity contribution in [3.05, 3.63) is 35.6 Å². The Bertz CT molecular complexity index is 734. The molecule has 0 spiro atoms. The summed E-state index contributed by atoms with van der Waals surface area (Å²) in [6.07, 6.45) is 1.69. The largest absolute Gasteiger partial charge is 0.354 e. The highest BCUT2D eigenvalue weighted by Crippen LogP contribution is 2.20. The SMILES string of the molecule is CC(C)(C)c1nc(CN2CCN(c3cc(C#N)ccn3)CC2)no1. The zero-order chi connectivity index (χ0) is 17.2. The lowest BCUT2D eigenvalue weighted by atomic mass is 9.97. The predicted octanol–water partition coefficient (Wildman–Crippen LogP) is 1.96. The molecule has 0 saturated carbocycles. The number of hydrogen-bond donors (Lipinski definition) is 0. The normalized spacial score (nSPS) is 16.2. The monoisotopic (exact) mass is 326 g/mol. The van der Waals surface area contributed by atoms with Gasteiger partial charge in [0.15, 0.2) is 5.82 Å². The average molecular weight is 326 g/mol. The third kappa shape index (κ3) is 3.71. The van der Waals surface area contributed by atoms with Crippen LogP contribution in [0.1, 0.15) is 38.0 Å². The maximum absolute atomic E-state index is 9.00. The molecule has 7 nitrogen and oxygen atoms in total. The minimum Gasteiger partial charge on any atom is -0.354 e. The average Bonchev–Trinajstić information content (AvgIpc) is 3.04. The molecule has 0 radical (unpaired) electrons. The van der Waals surface area contributed by atoms with Gasteiger partial charge in [-0.1, -0.05) is 25.9 Å². The summed E-state index contributed by atoms with van der Waals surface area (Å²) in [7, 11) is 0. The molecule has 1 aliphatic heterocycles. The van der Waals surface area contributed by atoms with Crippen LogP contribution in [0.25, 0.3) is 0 Å². The molecule has 24 heavy (non-hydrogen) atoms. The van der Waals surface area contributed by atoms with Crippen molar-refractivity contribution in [1.82, 2.24) is 20.0 Å². The Morgan fingerprint density at radius 2 is 2.00 bits per heavy atom. The van der Waals surface area contributed by atoms with Crippen LogP contribution in [0, 0.1) is 11.3 Å². The maximum atomic E-state index is 9.00. The highest BCUT2D eigenvalue weighted by molar-refractivity contribution is 5.45. The Morgan fingerprint density at radius 3 is 2.62 bits per heavy atom. The summed E-state index contributed by atoms with van der Waals surface area (Å²) in [5.41, 5.74) is 0.519. The fraction of sp³-hybridized carbons (Fsp3) is 0.529. The molecule has 0 aliphatic carbocycles. The minimum absolute atomic E-state index is 0.124. The first kappa shape index (κ1) is 16.4. The lowest BCUT2D eigenvalue weighted by molar-refractivity contribution is 0.238. The number of pyridine rings is 1. The first-order valence-corrected chi connectivity index (χ1v) is 8.12. The second-order valence-electron chi connectivity index (χ2n) is 7.04. The van der Waals surface area contributed by atoms with Gasteiger partial charge in [0.25, 0.3) is 0 Å². The lowest BCUT2D eigenvalue weighted by Gasteiger charge is -2.34. The molecule has 0 unspecified atom stereocenters.